The number of rotatable bonds is 2. The Morgan fingerprint density at radius 2 is 1.84 bits per heavy atom. The van der Waals surface area contributed by atoms with Gasteiger partial charge in [0.2, 0.25) is 0 Å². The number of benzene rings is 1. The lowest BCUT2D eigenvalue weighted by Gasteiger charge is -2.31. The third-order valence-corrected chi connectivity index (χ3v) is 4.47. The molecule has 1 saturated heterocycles. The normalized spacial score (nSPS) is 28.1. The van der Waals surface area contributed by atoms with Gasteiger partial charge in [0.1, 0.15) is 0 Å². The smallest absolute Gasteiger partial charge is 0.0480 e. The standard InChI is InChI=1S/C17H28N2/c1-11(2)12-8-6-7-9-13(12)16-15(18)14(10-19-16)17(3,4)5/h6-9,11,14-16,19H,10,18H2,1-5H3. The fourth-order valence-corrected chi connectivity index (χ4v) is 3.28. The Morgan fingerprint density at radius 3 is 2.37 bits per heavy atom. The van der Waals surface area contributed by atoms with E-state index in [9.17, 15) is 0 Å². The zero-order chi connectivity index (χ0) is 14.2. The molecule has 1 aliphatic rings. The maximum absolute atomic E-state index is 6.55. The van der Waals surface area contributed by atoms with E-state index in [2.05, 4.69) is 64.2 Å². The minimum atomic E-state index is 0.194. The molecule has 3 unspecified atom stereocenters. The van der Waals surface area contributed by atoms with Gasteiger partial charge in [0, 0.05) is 18.6 Å². The summed E-state index contributed by atoms with van der Waals surface area (Å²) in [6.45, 7) is 12.4. The van der Waals surface area contributed by atoms with Crippen molar-refractivity contribution in [2.45, 2.75) is 52.6 Å². The minimum absolute atomic E-state index is 0.194. The summed E-state index contributed by atoms with van der Waals surface area (Å²) in [6, 6.07) is 9.21. The summed E-state index contributed by atoms with van der Waals surface area (Å²) in [5.74, 6) is 1.07. The third kappa shape index (κ3) is 2.85. The summed E-state index contributed by atoms with van der Waals surface area (Å²) < 4.78 is 0. The molecule has 0 spiro atoms. The second kappa shape index (κ2) is 5.26. The molecule has 2 nitrogen and oxygen atoms in total. The van der Waals surface area contributed by atoms with Crippen molar-refractivity contribution in [1.29, 1.82) is 0 Å². The van der Waals surface area contributed by atoms with Crippen LogP contribution < -0.4 is 11.1 Å². The van der Waals surface area contributed by atoms with E-state index in [1.165, 1.54) is 11.1 Å². The van der Waals surface area contributed by atoms with Gasteiger partial charge in [0.15, 0.2) is 0 Å². The lowest BCUT2D eigenvalue weighted by Crippen LogP contribution is -2.38. The van der Waals surface area contributed by atoms with Crippen molar-refractivity contribution in [3.63, 3.8) is 0 Å². The molecule has 2 heteroatoms. The molecule has 0 bridgehead atoms. The van der Waals surface area contributed by atoms with Crippen LogP contribution >= 0.6 is 0 Å². The molecule has 3 N–H and O–H groups in total. The van der Waals surface area contributed by atoms with E-state index in [4.69, 9.17) is 5.73 Å². The molecule has 1 fully saturated rings. The first kappa shape index (κ1) is 14.5. The molecule has 0 amide bonds. The number of nitrogens with two attached hydrogens (primary N) is 1. The van der Waals surface area contributed by atoms with Gasteiger partial charge in [0.05, 0.1) is 0 Å². The first-order chi connectivity index (χ1) is 8.82. The Balaban J connectivity index is 2.30. The summed E-state index contributed by atoms with van der Waals surface area (Å²) in [7, 11) is 0. The molecular weight excluding hydrogens is 232 g/mol. The molecule has 106 valence electrons. The lowest BCUT2D eigenvalue weighted by atomic mass is 9.75. The van der Waals surface area contributed by atoms with E-state index < -0.39 is 0 Å². The Bertz CT molecular complexity index is 431. The largest absolute Gasteiger partial charge is 0.326 e. The van der Waals surface area contributed by atoms with E-state index >= 15 is 0 Å². The van der Waals surface area contributed by atoms with Crippen molar-refractivity contribution in [1.82, 2.24) is 5.32 Å². The van der Waals surface area contributed by atoms with Crippen LogP contribution in [0.4, 0.5) is 0 Å². The average Bonchev–Trinajstić information content (AvgIpc) is 2.70. The Hall–Kier alpha value is -0.860. The van der Waals surface area contributed by atoms with Gasteiger partial charge in [-0.05, 0) is 28.4 Å². The van der Waals surface area contributed by atoms with E-state index in [0.717, 1.165) is 6.54 Å². The Kier molecular flexibility index (Phi) is 4.03. The molecule has 3 atom stereocenters. The summed E-state index contributed by atoms with van der Waals surface area (Å²) in [4.78, 5) is 0. The second-order valence-corrected chi connectivity index (χ2v) is 7.22. The van der Waals surface area contributed by atoms with E-state index in [-0.39, 0.29) is 11.5 Å². The van der Waals surface area contributed by atoms with Crippen LogP contribution in [0.1, 0.15) is 57.7 Å². The predicted octanol–water partition coefficient (Wildman–Crippen LogP) is 3.44. The molecule has 0 saturated carbocycles. The Morgan fingerprint density at radius 1 is 1.21 bits per heavy atom. The molecule has 1 aliphatic heterocycles. The first-order valence-electron chi connectivity index (χ1n) is 7.40. The number of nitrogens with one attached hydrogen (secondary N) is 1. The van der Waals surface area contributed by atoms with Gasteiger partial charge >= 0.3 is 0 Å². The van der Waals surface area contributed by atoms with Gasteiger partial charge in [0.25, 0.3) is 0 Å². The highest BCUT2D eigenvalue weighted by atomic mass is 15.0. The van der Waals surface area contributed by atoms with Gasteiger partial charge in [-0.2, -0.15) is 0 Å². The summed E-state index contributed by atoms with van der Waals surface area (Å²) in [6.07, 6.45) is 0. The molecule has 1 aromatic carbocycles. The highest BCUT2D eigenvalue weighted by Gasteiger charge is 2.40. The van der Waals surface area contributed by atoms with Gasteiger partial charge in [-0.1, -0.05) is 58.9 Å². The fraction of sp³-hybridized carbons (Fsp3) is 0.647. The highest BCUT2D eigenvalue weighted by Crippen LogP contribution is 2.38. The summed E-state index contributed by atoms with van der Waals surface area (Å²) in [5.41, 5.74) is 9.61. The quantitative estimate of drug-likeness (QED) is 0.855. The molecule has 0 aromatic heterocycles. The third-order valence-electron chi connectivity index (χ3n) is 4.47. The zero-order valence-electron chi connectivity index (χ0n) is 12.9. The molecule has 1 heterocycles. The molecule has 1 aromatic rings. The van der Waals surface area contributed by atoms with Crippen LogP contribution in [0.2, 0.25) is 0 Å². The van der Waals surface area contributed by atoms with Crippen LogP contribution in [-0.2, 0) is 0 Å². The van der Waals surface area contributed by atoms with Gasteiger partial charge in [-0.25, -0.2) is 0 Å². The maximum Gasteiger partial charge on any atom is 0.0480 e. The van der Waals surface area contributed by atoms with Crippen molar-refractivity contribution in [2.24, 2.45) is 17.1 Å². The summed E-state index contributed by atoms with van der Waals surface area (Å²) >= 11 is 0. The van der Waals surface area contributed by atoms with Crippen molar-refractivity contribution < 1.29 is 0 Å². The molecule has 0 radical (unpaired) electrons. The van der Waals surface area contributed by atoms with Gasteiger partial charge in [-0.15, -0.1) is 0 Å². The average molecular weight is 260 g/mol. The van der Waals surface area contributed by atoms with E-state index in [1.807, 2.05) is 0 Å². The van der Waals surface area contributed by atoms with Gasteiger partial charge in [-0.3, -0.25) is 0 Å². The van der Waals surface area contributed by atoms with Gasteiger partial charge < -0.3 is 11.1 Å². The lowest BCUT2D eigenvalue weighted by molar-refractivity contribution is 0.233. The van der Waals surface area contributed by atoms with Crippen LogP contribution in [0, 0.1) is 11.3 Å². The van der Waals surface area contributed by atoms with Crippen LogP contribution in [-0.4, -0.2) is 12.6 Å². The van der Waals surface area contributed by atoms with Crippen molar-refractivity contribution in [2.75, 3.05) is 6.54 Å². The fourth-order valence-electron chi connectivity index (χ4n) is 3.28. The van der Waals surface area contributed by atoms with Crippen LogP contribution in [0.5, 0.6) is 0 Å². The van der Waals surface area contributed by atoms with E-state index in [1.54, 1.807) is 0 Å². The molecule has 19 heavy (non-hydrogen) atoms. The predicted molar refractivity (Wildman–Crippen MR) is 82.2 cm³/mol. The van der Waals surface area contributed by atoms with Crippen LogP contribution in [0.25, 0.3) is 0 Å². The molecule has 0 aliphatic carbocycles. The first-order valence-corrected chi connectivity index (χ1v) is 7.40. The molecular formula is C17H28N2. The van der Waals surface area contributed by atoms with Crippen molar-refractivity contribution in [3.8, 4) is 0 Å². The zero-order valence-corrected chi connectivity index (χ0v) is 12.9. The minimum Gasteiger partial charge on any atom is -0.326 e. The SMILES string of the molecule is CC(C)c1ccccc1C1NCC(C(C)(C)C)C1N. The van der Waals surface area contributed by atoms with Crippen LogP contribution in [0.3, 0.4) is 0 Å². The molecule has 2 rings (SSSR count). The summed E-state index contributed by atoms with van der Waals surface area (Å²) in [5, 5.41) is 3.65. The Labute approximate surface area is 117 Å². The highest BCUT2D eigenvalue weighted by molar-refractivity contribution is 5.34. The van der Waals surface area contributed by atoms with Crippen LogP contribution in [0.15, 0.2) is 24.3 Å². The maximum atomic E-state index is 6.55. The second-order valence-electron chi connectivity index (χ2n) is 7.22. The number of hydrogen-bond donors (Lipinski definition) is 2. The topological polar surface area (TPSA) is 38.0 Å². The number of hydrogen-bond acceptors (Lipinski definition) is 2. The van der Waals surface area contributed by atoms with Crippen molar-refractivity contribution >= 4 is 0 Å². The van der Waals surface area contributed by atoms with Crippen molar-refractivity contribution in [3.05, 3.63) is 35.4 Å². The monoisotopic (exact) mass is 260 g/mol. The van der Waals surface area contributed by atoms with E-state index in [0.29, 0.717) is 17.9 Å².